The highest BCUT2D eigenvalue weighted by atomic mass is 32.1. The number of carbonyl (C=O) groups is 3. The van der Waals surface area contributed by atoms with Gasteiger partial charge in [0.15, 0.2) is 0 Å². The molecule has 1 aromatic heterocycles. The predicted molar refractivity (Wildman–Crippen MR) is 163 cm³/mol. The molecule has 0 aliphatic carbocycles. The molecule has 0 radical (unpaired) electrons. The number of carboxylic acid groups (broad SMARTS) is 1. The van der Waals surface area contributed by atoms with Gasteiger partial charge in [0.2, 0.25) is 0 Å². The Hall–Kier alpha value is -4.75. The maximum absolute atomic E-state index is 13.9. The average Bonchev–Trinajstić information content (AvgIpc) is 3.53. The van der Waals surface area contributed by atoms with Crippen LogP contribution in [0.4, 0.5) is 0 Å². The standard InChI is InChI=1S/C34H30N2O4S/c37-32(38)19-21-36(20-18-26-12-8-22-41-26)34(40)31-17-6-4-15-29(31)28-14-3-5-16-30(28)33(39)35-23-25-11-7-10-24-9-1-2-13-27(24)25/h1-17,22H,18-21,23H2,(H,35,39)(H,37,38). The normalized spacial score (nSPS) is 10.8. The molecule has 0 fully saturated rings. The fourth-order valence-electron chi connectivity index (χ4n) is 4.95. The lowest BCUT2D eigenvalue weighted by Gasteiger charge is -2.24. The molecule has 5 aromatic rings. The van der Waals surface area contributed by atoms with E-state index in [0.29, 0.717) is 41.8 Å². The van der Waals surface area contributed by atoms with Crippen molar-refractivity contribution in [1.82, 2.24) is 10.2 Å². The number of thiophene rings is 1. The monoisotopic (exact) mass is 562 g/mol. The summed E-state index contributed by atoms with van der Waals surface area (Å²) in [5.41, 5.74) is 3.18. The van der Waals surface area contributed by atoms with Crippen LogP contribution in [0, 0.1) is 0 Å². The van der Waals surface area contributed by atoms with E-state index in [2.05, 4.69) is 5.32 Å². The highest BCUT2D eigenvalue weighted by Crippen LogP contribution is 2.29. The number of nitrogens with one attached hydrogen (secondary N) is 1. The lowest BCUT2D eigenvalue weighted by molar-refractivity contribution is -0.137. The largest absolute Gasteiger partial charge is 0.481 e. The van der Waals surface area contributed by atoms with Crippen LogP contribution in [0.15, 0.2) is 109 Å². The minimum Gasteiger partial charge on any atom is -0.481 e. The van der Waals surface area contributed by atoms with Crippen molar-refractivity contribution in [2.45, 2.75) is 19.4 Å². The van der Waals surface area contributed by atoms with Crippen molar-refractivity contribution >= 4 is 39.9 Å². The average molecular weight is 563 g/mol. The van der Waals surface area contributed by atoms with Gasteiger partial charge >= 0.3 is 5.97 Å². The number of hydrogen-bond acceptors (Lipinski definition) is 4. The summed E-state index contributed by atoms with van der Waals surface area (Å²) in [6.45, 7) is 0.857. The fourth-order valence-corrected chi connectivity index (χ4v) is 5.65. The first kappa shape index (κ1) is 27.8. The number of hydrogen-bond donors (Lipinski definition) is 2. The number of aliphatic carboxylic acids is 1. The van der Waals surface area contributed by atoms with Gasteiger partial charge in [0, 0.05) is 35.6 Å². The maximum Gasteiger partial charge on any atom is 0.305 e. The second-order valence-corrected chi connectivity index (χ2v) is 10.7. The molecule has 2 N–H and O–H groups in total. The van der Waals surface area contributed by atoms with Crippen LogP contribution in [0.1, 0.15) is 37.6 Å². The van der Waals surface area contributed by atoms with Crippen LogP contribution in [-0.2, 0) is 17.8 Å². The molecule has 0 saturated carbocycles. The summed E-state index contributed by atoms with van der Waals surface area (Å²) in [7, 11) is 0. The van der Waals surface area contributed by atoms with E-state index in [4.69, 9.17) is 0 Å². The first-order valence-corrected chi connectivity index (χ1v) is 14.4. The number of nitrogens with zero attached hydrogens (tertiary/aromatic N) is 1. The molecule has 0 saturated heterocycles. The van der Waals surface area contributed by atoms with Gasteiger partial charge in [-0.3, -0.25) is 14.4 Å². The van der Waals surface area contributed by atoms with Crippen LogP contribution < -0.4 is 5.32 Å². The van der Waals surface area contributed by atoms with Crippen LogP contribution in [0.3, 0.4) is 0 Å². The molecule has 7 heteroatoms. The van der Waals surface area contributed by atoms with E-state index in [1.54, 1.807) is 40.5 Å². The highest BCUT2D eigenvalue weighted by molar-refractivity contribution is 7.09. The summed E-state index contributed by atoms with van der Waals surface area (Å²) in [6.07, 6.45) is 0.490. The Labute approximate surface area is 242 Å². The maximum atomic E-state index is 13.9. The molecule has 0 bridgehead atoms. The Morgan fingerprint density at radius 1 is 0.732 bits per heavy atom. The van der Waals surface area contributed by atoms with Gasteiger partial charge in [-0.15, -0.1) is 11.3 Å². The topological polar surface area (TPSA) is 86.7 Å². The first-order valence-electron chi connectivity index (χ1n) is 13.5. The summed E-state index contributed by atoms with van der Waals surface area (Å²) < 4.78 is 0. The predicted octanol–water partition coefficient (Wildman–Crippen LogP) is 6.66. The van der Waals surface area contributed by atoms with Crippen molar-refractivity contribution in [3.05, 3.63) is 130 Å². The Morgan fingerprint density at radius 2 is 1.41 bits per heavy atom. The van der Waals surface area contributed by atoms with Crippen molar-refractivity contribution in [2.75, 3.05) is 13.1 Å². The summed E-state index contributed by atoms with van der Waals surface area (Å²) in [5.74, 6) is -1.46. The molecule has 0 aliphatic heterocycles. The molecule has 2 amide bonds. The molecule has 41 heavy (non-hydrogen) atoms. The quantitative estimate of drug-likeness (QED) is 0.189. The molecule has 0 atom stereocenters. The van der Waals surface area contributed by atoms with E-state index in [9.17, 15) is 19.5 Å². The summed E-state index contributed by atoms with van der Waals surface area (Å²) in [5, 5.41) is 16.5. The highest BCUT2D eigenvalue weighted by Gasteiger charge is 2.22. The number of carbonyl (C=O) groups excluding carboxylic acids is 2. The molecule has 206 valence electrons. The number of fused-ring (bicyclic) bond motifs is 1. The van der Waals surface area contributed by atoms with Crippen molar-refractivity contribution in [3.8, 4) is 11.1 Å². The van der Waals surface area contributed by atoms with Gasteiger partial charge in [-0.1, -0.05) is 84.9 Å². The molecule has 6 nitrogen and oxygen atoms in total. The molecule has 1 heterocycles. The lowest BCUT2D eigenvalue weighted by atomic mass is 9.94. The van der Waals surface area contributed by atoms with E-state index in [1.165, 1.54) is 0 Å². The fraction of sp³-hybridized carbons (Fsp3) is 0.147. The molecular weight excluding hydrogens is 532 g/mol. The molecule has 0 unspecified atom stereocenters. The van der Waals surface area contributed by atoms with Gasteiger partial charge in [0.1, 0.15) is 0 Å². The zero-order chi connectivity index (χ0) is 28.6. The summed E-state index contributed by atoms with van der Waals surface area (Å²) >= 11 is 1.61. The molecular formula is C34H30N2O4S. The number of amides is 2. The van der Waals surface area contributed by atoms with Gasteiger partial charge < -0.3 is 15.3 Å². The summed E-state index contributed by atoms with van der Waals surface area (Å²) in [4.78, 5) is 41.4. The van der Waals surface area contributed by atoms with Crippen molar-refractivity contribution in [3.63, 3.8) is 0 Å². The number of benzene rings is 4. The van der Waals surface area contributed by atoms with Gasteiger partial charge in [-0.05, 0) is 57.5 Å². The number of rotatable bonds is 11. The second-order valence-electron chi connectivity index (χ2n) is 9.68. The molecule has 0 spiro atoms. The van der Waals surface area contributed by atoms with Crippen molar-refractivity contribution in [2.24, 2.45) is 0 Å². The SMILES string of the molecule is O=C(O)CCN(CCc1cccs1)C(=O)c1ccccc1-c1ccccc1C(=O)NCc1cccc2ccccc12. The molecule has 0 aliphatic rings. The van der Waals surface area contributed by atoms with Crippen LogP contribution in [-0.4, -0.2) is 40.9 Å². The Balaban J connectivity index is 1.41. The molecule has 4 aromatic carbocycles. The minimum atomic E-state index is -0.958. The third kappa shape index (κ3) is 6.70. The van der Waals surface area contributed by atoms with E-state index in [0.717, 1.165) is 21.2 Å². The van der Waals surface area contributed by atoms with Crippen molar-refractivity contribution < 1.29 is 19.5 Å². The zero-order valence-corrected chi connectivity index (χ0v) is 23.3. The van der Waals surface area contributed by atoms with E-state index >= 15 is 0 Å². The van der Waals surface area contributed by atoms with Gasteiger partial charge in [-0.25, -0.2) is 0 Å². The van der Waals surface area contributed by atoms with E-state index < -0.39 is 5.97 Å². The first-order chi connectivity index (χ1) is 20.0. The lowest BCUT2D eigenvalue weighted by Crippen LogP contribution is -2.35. The van der Waals surface area contributed by atoms with Crippen LogP contribution in [0.25, 0.3) is 21.9 Å². The third-order valence-electron chi connectivity index (χ3n) is 7.03. The Kier molecular flexibility index (Phi) is 8.86. The van der Waals surface area contributed by atoms with Gasteiger partial charge in [0.05, 0.1) is 6.42 Å². The minimum absolute atomic E-state index is 0.0983. The van der Waals surface area contributed by atoms with Crippen molar-refractivity contribution in [1.29, 1.82) is 0 Å². The van der Waals surface area contributed by atoms with Gasteiger partial charge in [0.25, 0.3) is 11.8 Å². The smallest absolute Gasteiger partial charge is 0.305 e. The summed E-state index contributed by atoms with van der Waals surface area (Å²) in [6, 6.07) is 32.5. The Morgan fingerprint density at radius 3 is 2.17 bits per heavy atom. The van der Waals surface area contributed by atoms with Crippen LogP contribution in [0.2, 0.25) is 0 Å². The molecule has 5 rings (SSSR count). The second kappa shape index (κ2) is 13.1. The van der Waals surface area contributed by atoms with Crippen LogP contribution in [0.5, 0.6) is 0 Å². The van der Waals surface area contributed by atoms with E-state index in [1.807, 2.05) is 84.2 Å². The number of carboxylic acids is 1. The Bertz CT molecular complexity index is 1670. The third-order valence-corrected chi connectivity index (χ3v) is 7.97. The zero-order valence-electron chi connectivity index (χ0n) is 22.5. The van der Waals surface area contributed by atoms with Crippen LogP contribution >= 0.6 is 11.3 Å². The van der Waals surface area contributed by atoms with Gasteiger partial charge in [-0.2, -0.15) is 0 Å². The van der Waals surface area contributed by atoms with E-state index in [-0.39, 0.29) is 24.8 Å².